The quantitative estimate of drug-likeness (QED) is 0.228. The van der Waals surface area contributed by atoms with Crippen molar-refractivity contribution in [1.29, 1.82) is 0 Å². The summed E-state index contributed by atoms with van der Waals surface area (Å²) in [7, 11) is 1.25. The molecule has 10 atom stereocenters. The third-order valence-corrected chi connectivity index (χ3v) is 4.60. The molecule has 2 heterocycles. The lowest BCUT2D eigenvalue weighted by Crippen LogP contribution is -2.67. The van der Waals surface area contributed by atoms with E-state index in [-0.39, 0.29) is 0 Å². The van der Waals surface area contributed by atoms with E-state index >= 15 is 0 Å². The van der Waals surface area contributed by atoms with Gasteiger partial charge in [0.15, 0.2) is 12.6 Å². The minimum atomic E-state index is -1.55. The number of aliphatic hydroxyl groups excluding tert-OH is 6. The maximum absolute atomic E-state index is 11.4. The Morgan fingerprint density at radius 2 is 1.48 bits per heavy atom. The summed E-state index contributed by atoms with van der Waals surface area (Å²) in [6.45, 7) is -0.0617. The molecule has 2 saturated heterocycles. The van der Waals surface area contributed by atoms with E-state index in [0.717, 1.165) is 0 Å². The van der Waals surface area contributed by atoms with Gasteiger partial charge in [0.1, 0.15) is 48.8 Å². The predicted octanol–water partition coefficient (Wildman–Crippen LogP) is -4.60. The number of amides is 1. The first-order valence-corrected chi connectivity index (χ1v) is 8.45. The molecular weight excluding hydrogens is 370 g/mol. The molecule has 0 spiro atoms. The second-order valence-electron chi connectivity index (χ2n) is 6.48. The molecule has 12 nitrogen and oxygen atoms in total. The Bertz CT molecular complexity index is 478. The van der Waals surface area contributed by atoms with E-state index in [1.807, 2.05) is 0 Å². The summed E-state index contributed by atoms with van der Waals surface area (Å²) in [4.78, 5) is 11.4. The summed E-state index contributed by atoms with van der Waals surface area (Å²) in [5, 5.41) is 61.9. The first-order valence-electron chi connectivity index (χ1n) is 8.45. The molecule has 7 N–H and O–H groups in total. The monoisotopic (exact) mass is 397 g/mol. The van der Waals surface area contributed by atoms with Crippen molar-refractivity contribution in [3.05, 3.63) is 0 Å². The highest BCUT2D eigenvalue weighted by atomic mass is 16.7. The molecule has 2 aliphatic rings. The maximum atomic E-state index is 11.4. The highest BCUT2D eigenvalue weighted by Crippen LogP contribution is 2.29. The van der Waals surface area contributed by atoms with Crippen molar-refractivity contribution >= 4 is 5.91 Å². The second kappa shape index (κ2) is 9.52. The predicted molar refractivity (Wildman–Crippen MR) is 85.0 cm³/mol. The Labute approximate surface area is 155 Å². The highest BCUT2D eigenvalue weighted by Gasteiger charge is 2.51. The fourth-order valence-electron chi connectivity index (χ4n) is 3.15. The first-order chi connectivity index (χ1) is 12.7. The summed E-state index contributed by atoms with van der Waals surface area (Å²) in [5.41, 5.74) is 0. The molecule has 0 aromatic carbocycles. The minimum absolute atomic E-state index is 0.554. The van der Waals surface area contributed by atoms with Gasteiger partial charge in [0.25, 0.3) is 0 Å². The molecule has 0 aromatic rings. The van der Waals surface area contributed by atoms with Gasteiger partial charge in [-0.1, -0.05) is 0 Å². The second-order valence-corrected chi connectivity index (χ2v) is 6.48. The van der Waals surface area contributed by atoms with Crippen LogP contribution >= 0.6 is 0 Å². The average molecular weight is 397 g/mol. The van der Waals surface area contributed by atoms with Crippen LogP contribution in [0.1, 0.15) is 6.92 Å². The Morgan fingerprint density at radius 3 is 2.00 bits per heavy atom. The van der Waals surface area contributed by atoms with Gasteiger partial charge >= 0.3 is 0 Å². The molecule has 0 radical (unpaired) electrons. The molecule has 1 amide bonds. The smallest absolute Gasteiger partial charge is 0.217 e. The number of hydrogen-bond donors (Lipinski definition) is 7. The fraction of sp³-hybridized carbons (Fsp3) is 0.933. The van der Waals surface area contributed by atoms with Crippen molar-refractivity contribution in [2.45, 2.75) is 68.3 Å². The fourth-order valence-corrected chi connectivity index (χ4v) is 3.15. The molecule has 12 heteroatoms. The van der Waals surface area contributed by atoms with Crippen molar-refractivity contribution in [3.8, 4) is 0 Å². The van der Waals surface area contributed by atoms with Crippen molar-refractivity contribution in [3.63, 3.8) is 0 Å². The molecule has 0 aliphatic carbocycles. The van der Waals surface area contributed by atoms with Gasteiger partial charge in [0.2, 0.25) is 5.91 Å². The van der Waals surface area contributed by atoms with Crippen LogP contribution in [0, 0.1) is 0 Å². The van der Waals surface area contributed by atoms with E-state index in [1.54, 1.807) is 0 Å². The van der Waals surface area contributed by atoms with E-state index in [2.05, 4.69) is 5.32 Å². The average Bonchev–Trinajstić information content (AvgIpc) is 2.64. The topological polar surface area (TPSA) is 187 Å². The minimum Gasteiger partial charge on any atom is -0.394 e. The zero-order chi connectivity index (χ0) is 20.3. The lowest BCUT2D eigenvalue weighted by Gasteiger charge is -2.46. The summed E-state index contributed by atoms with van der Waals surface area (Å²) < 4.78 is 21.2. The van der Waals surface area contributed by atoms with Crippen molar-refractivity contribution in [1.82, 2.24) is 5.32 Å². The SMILES string of the molecule is CO[C@H]1O[C@H](CO)[C@@H](O)[C@H](O[C@@H]2O[C@H](CO)[C@@H](O)[C@H](O)[C@@H]2NC(C)=O)[C@H]1O. The van der Waals surface area contributed by atoms with Gasteiger partial charge in [-0.2, -0.15) is 0 Å². The molecule has 0 aromatic heterocycles. The lowest BCUT2D eigenvalue weighted by molar-refractivity contribution is -0.344. The van der Waals surface area contributed by atoms with Gasteiger partial charge < -0.3 is 54.9 Å². The van der Waals surface area contributed by atoms with Gasteiger partial charge in [-0.15, -0.1) is 0 Å². The molecule has 0 bridgehead atoms. The normalized spacial score (nSPS) is 45.5. The summed E-state index contributed by atoms with van der Waals surface area (Å²) in [5.74, 6) is -0.554. The number of ether oxygens (including phenoxy) is 4. The standard InChI is InChI=1S/C15H27NO11/c1-5(19)16-8-11(22)9(20)6(3-17)25-14(8)27-13-10(21)7(4-18)26-15(24-2)12(13)23/h6-15,17-18,20-23H,3-4H2,1-2H3,(H,16,19)/t6-,7-,8+,9-,10-,11-,12-,13+,14+,15+/m1/s1. The molecule has 158 valence electrons. The Kier molecular flexibility index (Phi) is 7.88. The van der Waals surface area contributed by atoms with Crippen LogP contribution in [0.15, 0.2) is 0 Å². The zero-order valence-corrected chi connectivity index (χ0v) is 14.9. The molecule has 2 aliphatic heterocycles. The van der Waals surface area contributed by atoms with Crippen molar-refractivity contribution in [2.24, 2.45) is 0 Å². The highest BCUT2D eigenvalue weighted by molar-refractivity contribution is 5.73. The van der Waals surface area contributed by atoms with Crippen LogP contribution in [0.25, 0.3) is 0 Å². The number of methoxy groups -OCH3 is 1. The molecule has 0 unspecified atom stereocenters. The Hall–Kier alpha value is -0.930. The van der Waals surface area contributed by atoms with E-state index in [9.17, 15) is 35.4 Å². The van der Waals surface area contributed by atoms with Crippen LogP contribution in [0.4, 0.5) is 0 Å². The number of carbonyl (C=O) groups is 1. The van der Waals surface area contributed by atoms with Crippen LogP contribution in [-0.4, -0.2) is 118 Å². The maximum Gasteiger partial charge on any atom is 0.217 e. The van der Waals surface area contributed by atoms with Crippen molar-refractivity contribution in [2.75, 3.05) is 20.3 Å². The zero-order valence-electron chi connectivity index (χ0n) is 14.9. The third-order valence-electron chi connectivity index (χ3n) is 4.60. The van der Waals surface area contributed by atoms with Crippen LogP contribution in [-0.2, 0) is 23.7 Å². The Morgan fingerprint density at radius 1 is 0.926 bits per heavy atom. The van der Waals surface area contributed by atoms with E-state index in [0.29, 0.717) is 0 Å². The van der Waals surface area contributed by atoms with E-state index < -0.39 is 80.5 Å². The molecule has 0 saturated carbocycles. The lowest BCUT2D eigenvalue weighted by atomic mass is 9.95. The van der Waals surface area contributed by atoms with Crippen molar-refractivity contribution < 1.29 is 54.4 Å². The van der Waals surface area contributed by atoms with Gasteiger partial charge in [0.05, 0.1) is 13.2 Å². The first kappa shape index (κ1) is 22.4. The summed E-state index contributed by atoms with van der Waals surface area (Å²) in [6, 6.07) is -1.25. The van der Waals surface area contributed by atoms with Gasteiger partial charge in [-0.25, -0.2) is 0 Å². The summed E-state index contributed by atoms with van der Waals surface area (Å²) >= 11 is 0. The van der Waals surface area contributed by atoms with Gasteiger partial charge in [-0.05, 0) is 0 Å². The van der Waals surface area contributed by atoms with Crippen LogP contribution in [0.3, 0.4) is 0 Å². The number of hydrogen-bond acceptors (Lipinski definition) is 11. The molecular formula is C15H27NO11. The van der Waals surface area contributed by atoms with E-state index in [4.69, 9.17) is 18.9 Å². The third kappa shape index (κ3) is 4.74. The number of rotatable bonds is 6. The number of nitrogens with one attached hydrogen (secondary N) is 1. The summed E-state index contributed by atoms with van der Waals surface area (Å²) in [6.07, 6.45) is -12.4. The number of carbonyl (C=O) groups excluding carboxylic acids is 1. The van der Waals surface area contributed by atoms with Crippen LogP contribution in [0.2, 0.25) is 0 Å². The van der Waals surface area contributed by atoms with E-state index in [1.165, 1.54) is 14.0 Å². The van der Waals surface area contributed by atoms with Crippen LogP contribution in [0.5, 0.6) is 0 Å². The van der Waals surface area contributed by atoms with Crippen LogP contribution < -0.4 is 5.32 Å². The van der Waals surface area contributed by atoms with Gasteiger partial charge in [-0.3, -0.25) is 4.79 Å². The molecule has 2 fully saturated rings. The molecule has 2 rings (SSSR count). The Balaban J connectivity index is 2.24. The number of aliphatic hydroxyl groups is 6. The largest absolute Gasteiger partial charge is 0.394 e. The molecule has 27 heavy (non-hydrogen) atoms. The van der Waals surface area contributed by atoms with Gasteiger partial charge in [0, 0.05) is 14.0 Å².